The van der Waals surface area contributed by atoms with Crippen LogP contribution in [0.4, 0.5) is 13.2 Å². The molecule has 1 rings (SSSR count). The Morgan fingerprint density at radius 1 is 1.31 bits per heavy atom. The number of rotatable bonds is 5. The van der Waals surface area contributed by atoms with Crippen molar-refractivity contribution in [3.63, 3.8) is 0 Å². The maximum atomic E-state index is 13.5. The Labute approximate surface area is 93.0 Å². The highest BCUT2D eigenvalue weighted by atomic mass is 19.2. The van der Waals surface area contributed by atoms with E-state index in [2.05, 4.69) is 11.9 Å². The molecule has 0 saturated heterocycles. The molecule has 0 amide bonds. The second kappa shape index (κ2) is 5.70. The lowest BCUT2D eigenvalue weighted by Crippen LogP contribution is -2.22. The van der Waals surface area contributed by atoms with E-state index in [1.807, 2.05) is 6.92 Å². The fraction of sp³-hybridized carbons (Fsp3) is 0.333. The van der Waals surface area contributed by atoms with E-state index in [0.29, 0.717) is 13.0 Å². The van der Waals surface area contributed by atoms with Crippen LogP contribution < -0.4 is 5.32 Å². The molecule has 1 atom stereocenters. The zero-order valence-corrected chi connectivity index (χ0v) is 9.06. The van der Waals surface area contributed by atoms with E-state index in [0.717, 1.165) is 6.07 Å². The van der Waals surface area contributed by atoms with Gasteiger partial charge in [0.2, 0.25) is 0 Å². The van der Waals surface area contributed by atoms with Crippen LogP contribution in [-0.4, -0.2) is 6.54 Å². The number of hydrogen-bond acceptors (Lipinski definition) is 1. The molecule has 0 radical (unpaired) electrons. The van der Waals surface area contributed by atoms with Gasteiger partial charge in [-0.1, -0.05) is 19.1 Å². The van der Waals surface area contributed by atoms with E-state index < -0.39 is 17.5 Å². The molecular weight excluding hydrogens is 215 g/mol. The summed E-state index contributed by atoms with van der Waals surface area (Å²) in [5.74, 6) is -3.73. The number of nitrogens with one attached hydrogen (secondary N) is 1. The Kier molecular flexibility index (Phi) is 4.55. The molecular formula is C12H14F3N. The highest BCUT2D eigenvalue weighted by molar-refractivity contribution is 5.24. The highest BCUT2D eigenvalue weighted by Crippen LogP contribution is 2.23. The Hall–Kier alpha value is -1.29. The van der Waals surface area contributed by atoms with Crippen molar-refractivity contribution in [2.24, 2.45) is 0 Å². The van der Waals surface area contributed by atoms with E-state index >= 15 is 0 Å². The quantitative estimate of drug-likeness (QED) is 0.603. The molecule has 1 aromatic carbocycles. The molecule has 0 fully saturated rings. The summed E-state index contributed by atoms with van der Waals surface area (Å²) >= 11 is 0. The minimum Gasteiger partial charge on any atom is -0.310 e. The topological polar surface area (TPSA) is 12.0 Å². The lowest BCUT2D eigenvalue weighted by Gasteiger charge is -2.17. The molecule has 1 nitrogen and oxygen atoms in total. The third-order valence-electron chi connectivity index (χ3n) is 2.29. The van der Waals surface area contributed by atoms with Gasteiger partial charge in [0.1, 0.15) is 0 Å². The zero-order valence-electron chi connectivity index (χ0n) is 9.06. The number of halogens is 3. The lowest BCUT2D eigenvalue weighted by molar-refractivity contribution is 0.426. The zero-order chi connectivity index (χ0) is 12.1. The average molecular weight is 229 g/mol. The van der Waals surface area contributed by atoms with Gasteiger partial charge in [0, 0.05) is 11.6 Å². The highest BCUT2D eigenvalue weighted by Gasteiger charge is 2.19. The van der Waals surface area contributed by atoms with Gasteiger partial charge in [-0.15, -0.1) is 6.58 Å². The minimum atomic E-state index is -1.43. The molecule has 0 aliphatic carbocycles. The summed E-state index contributed by atoms with van der Waals surface area (Å²) in [4.78, 5) is 0. The summed E-state index contributed by atoms with van der Waals surface area (Å²) in [6.07, 6.45) is 2.06. The van der Waals surface area contributed by atoms with Crippen molar-refractivity contribution in [1.82, 2.24) is 5.32 Å². The van der Waals surface area contributed by atoms with Crippen molar-refractivity contribution < 1.29 is 13.2 Å². The van der Waals surface area contributed by atoms with Crippen LogP contribution in [0, 0.1) is 17.5 Å². The van der Waals surface area contributed by atoms with Crippen LogP contribution in [-0.2, 0) is 0 Å². The maximum absolute atomic E-state index is 13.5. The molecule has 0 saturated carbocycles. The smallest absolute Gasteiger partial charge is 0.194 e. The van der Waals surface area contributed by atoms with Crippen molar-refractivity contribution in [3.05, 3.63) is 47.8 Å². The summed E-state index contributed by atoms with van der Waals surface area (Å²) in [5, 5.41) is 2.99. The van der Waals surface area contributed by atoms with Gasteiger partial charge in [0.15, 0.2) is 17.5 Å². The molecule has 0 aliphatic heterocycles. The van der Waals surface area contributed by atoms with E-state index in [9.17, 15) is 13.2 Å². The maximum Gasteiger partial charge on any atom is 0.194 e. The van der Waals surface area contributed by atoms with Gasteiger partial charge < -0.3 is 5.32 Å². The molecule has 0 aliphatic rings. The first-order chi connectivity index (χ1) is 7.61. The van der Waals surface area contributed by atoms with E-state index in [-0.39, 0.29) is 11.6 Å². The van der Waals surface area contributed by atoms with E-state index in [4.69, 9.17) is 0 Å². The van der Waals surface area contributed by atoms with Crippen LogP contribution >= 0.6 is 0 Å². The van der Waals surface area contributed by atoms with Crippen molar-refractivity contribution in [2.75, 3.05) is 6.54 Å². The van der Waals surface area contributed by atoms with Crippen molar-refractivity contribution in [2.45, 2.75) is 19.4 Å². The monoisotopic (exact) mass is 229 g/mol. The predicted molar refractivity (Wildman–Crippen MR) is 57.5 cm³/mol. The molecule has 1 aromatic rings. The largest absolute Gasteiger partial charge is 0.310 e. The summed E-state index contributed by atoms with van der Waals surface area (Å²) in [6, 6.07) is 1.81. The first kappa shape index (κ1) is 12.8. The van der Waals surface area contributed by atoms with Gasteiger partial charge in [-0.05, 0) is 19.0 Å². The van der Waals surface area contributed by atoms with Crippen molar-refractivity contribution in [3.8, 4) is 0 Å². The van der Waals surface area contributed by atoms with Gasteiger partial charge in [-0.3, -0.25) is 0 Å². The summed E-state index contributed by atoms with van der Waals surface area (Å²) in [7, 11) is 0. The fourth-order valence-electron chi connectivity index (χ4n) is 1.54. The molecule has 1 N–H and O–H groups in total. The average Bonchev–Trinajstić information content (AvgIpc) is 2.26. The molecule has 88 valence electrons. The van der Waals surface area contributed by atoms with Gasteiger partial charge in [0.05, 0.1) is 0 Å². The third kappa shape index (κ3) is 2.64. The van der Waals surface area contributed by atoms with Crippen molar-refractivity contribution >= 4 is 0 Å². The first-order valence-corrected chi connectivity index (χ1v) is 5.09. The summed E-state index contributed by atoms with van der Waals surface area (Å²) in [5.41, 5.74) is 0.126. The van der Waals surface area contributed by atoms with Crippen LogP contribution in [0.5, 0.6) is 0 Å². The van der Waals surface area contributed by atoms with Crippen LogP contribution in [0.15, 0.2) is 24.8 Å². The molecule has 0 bridgehead atoms. The molecule has 4 heteroatoms. The van der Waals surface area contributed by atoms with Gasteiger partial charge in [-0.2, -0.15) is 0 Å². The predicted octanol–water partition coefficient (Wildman–Crippen LogP) is 3.33. The van der Waals surface area contributed by atoms with Crippen molar-refractivity contribution in [1.29, 1.82) is 0 Å². The van der Waals surface area contributed by atoms with Crippen LogP contribution in [0.3, 0.4) is 0 Å². The number of hydrogen-bond donors (Lipinski definition) is 1. The van der Waals surface area contributed by atoms with E-state index in [1.54, 1.807) is 6.08 Å². The molecule has 16 heavy (non-hydrogen) atoms. The minimum absolute atomic E-state index is 0.126. The molecule has 0 spiro atoms. The van der Waals surface area contributed by atoms with Gasteiger partial charge in [-0.25, -0.2) is 13.2 Å². The van der Waals surface area contributed by atoms with Gasteiger partial charge >= 0.3 is 0 Å². The molecule has 0 heterocycles. The standard InChI is InChI=1S/C12H14F3N/c1-3-5-10(16-4-2)8-6-7-9(13)12(15)11(8)14/h3,6-7,10,16H,1,4-5H2,2H3. The first-order valence-electron chi connectivity index (χ1n) is 5.09. The van der Waals surface area contributed by atoms with Gasteiger partial charge in [0.25, 0.3) is 0 Å². The SMILES string of the molecule is C=CCC(NCC)c1ccc(F)c(F)c1F. The number of benzene rings is 1. The molecule has 1 unspecified atom stereocenters. The summed E-state index contributed by atoms with van der Waals surface area (Å²) in [6.45, 7) is 6.01. The second-order valence-electron chi connectivity index (χ2n) is 3.40. The van der Waals surface area contributed by atoms with Crippen LogP contribution in [0.1, 0.15) is 24.9 Å². The third-order valence-corrected chi connectivity index (χ3v) is 2.29. The Bertz CT molecular complexity index is 377. The Morgan fingerprint density at radius 2 is 2.00 bits per heavy atom. The molecule has 0 aromatic heterocycles. The van der Waals surface area contributed by atoms with Crippen LogP contribution in [0.25, 0.3) is 0 Å². The normalized spacial score (nSPS) is 12.5. The van der Waals surface area contributed by atoms with E-state index in [1.165, 1.54) is 6.07 Å². The Balaban J connectivity index is 3.08. The second-order valence-corrected chi connectivity index (χ2v) is 3.40. The lowest BCUT2D eigenvalue weighted by atomic mass is 10.0. The fourth-order valence-corrected chi connectivity index (χ4v) is 1.54. The summed E-state index contributed by atoms with van der Waals surface area (Å²) < 4.78 is 39.2. The van der Waals surface area contributed by atoms with Crippen LogP contribution in [0.2, 0.25) is 0 Å². The Morgan fingerprint density at radius 3 is 2.56 bits per heavy atom.